The molecule has 2 rings (SSSR count). The van der Waals surface area contributed by atoms with Crippen LogP contribution < -0.4 is 5.32 Å². The van der Waals surface area contributed by atoms with Crippen molar-refractivity contribution in [1.29, 1.82) is 0 Å². The van der Waals surface area contributed by atoms with Gasteiger partial charge in [0.25, 0.3) is 0 Å². The first kappa shape index (κ1) is 16.2. The van der Waals surface area contributed by atoms with E-state index in [2.05, 4.69) is 29.6 Å². The number of hydrogen-bond donors (Lipinski definition) is 1. The molecule has 0 bridgehead atoms. The predicted octanol–water partition coefficient (Wildman–Crippen LogP) is 4.18. The summed E-state index contributed by atoms with van der Waals surface area (Å²) < 4.78 is 5.67. The fourth-order valence-corrected chi connectivity index (χ4v) is 2.31. The highest BCUT2D eigenvalue weighted by atomic mass is 16.5. The molecule has 2 aromatic carbocycles. The molecule has 0 saturated heterocycles. The van der Waals surface area contributed by atoms with Crippen LogP contribution in [0.1, 0.15) is 30.4 Å². The van der Waals surface area contributed by atoms with Crippen LogP contribution in [-0.2, 0) is 22.6 Å². The van der Waals surface area contributed by atoms with Gasteiger partial charge in [-0.2, -0.15) is 0 Å². The van der Waals surface area contributed by atoms with Gasteiger partial charge in [-0.1, -0.05) is 48.9 Å². The van der Waals surface area contributed by atoms with Gasteiger partial charge in [0, 0.05) is 12.3 Å². The highest BCUT2D eigenvalue weighted by Gasteiger charge is 1.96. The number of carbonyl (C=O) groups excluding carboxylic acids is 1. The number of aryl methyl sites for hydroxylation is 1. The number of amides is 1. The normalized spacial score (nSPS) is 10.4. The van der Waals surface area contributed by atoms with Crippen molar-refractivity contribution in [1.82, 2.24) is 0 Å². The Morgan fingerprint density at radius 2 is 1.64 bits per heavy atom. The molecule has 3 nitrogen and oxygen atoms in total. The number of unbranched alkanes of at least 4 members (excludes halogenated alkanes) is 2. The van der Waals surface area contributed by atoms with E-state index >= 15 is 0 Å². The molecule has 0 aliphatic rings. The average molecular weight is 297 g/mol. The third kappa shape index (κ3) is 6.10. The van der Waals surface area contributed by atoms with Crippen LogP contribution in [0.5, 0.6) is 0 Å². The molecular formula is C19H23NO2. The van der Waals surface area contributed by atoms with Crippen LogP contribution in [0.15, 0.2) is 54.6 Å². The van der Waals surface area contributed by atoms with E-state index in [1.165, 1.54) is 17.5 Å². The summed E-state index contributed by atoms with van der Waals surface area (Å²) in [6.07, 6.45) is 5.19. The Morgan fingerprint density at radius 1 is 0.864 bits per heavy atom. The van der Waals surface area contributed by atoms with E-state index in [4.69, 9.17) is 4.74 Å². The van der Waals surface area contributed by atoms with Gasteiger partial charge in [-0.05, 0) is 42.5 Å². The van der Waals surface area contributed by atoms with E-state index in [9.17, 15) is 4.79 Å². The predicted molar refractivity (Wildman–Crippen MR) is 89.8 cm³/mol. The quantitative estimate of drug-likeness (QED) is 0.527. The highest BCUT2D eigenvalue weighted by Crippen LogP contribution is 2.12. The Balaban J connectivity index is 1.53. The van der Waals surface area contributed by atoms with Gasteiger partial charge in [-0.15, -0.1) is 0 Å². The van der Waals surface area contributed by atoms with E-state index in [0.29, 0.717) is 13.0 Å². The molecule has 116 valence electrons. The molecule has 2 aromatic rings. The Bertz CT molecular complexity index is 537. The summed E-state index contributed by atoms with van der Waals surface area (Å²) in [5.74, 6) is 0. The fraction of sp³-hybridized carbons (Fsp3) is 0.316. The minimum atomic E-state index is 0.699. The number of benzene rings is 2. The number of anilines is 1. The second kappa shape index (κ2) is 9.74. The molecule has 0 atom stereocenters. The molecule has 0 aliphatic carbocycles. The monoisotopic (exact) mass is 297 g/mol. The number of ether oxygens (including phenoxy) is 1. The molecule has 0 aromatic heterocycles. The van der Waals surface area contributed by atoms with E-state index in [1.807, 2.05) is 30.3 Å². The standard InChI is InChI=1S/C19H23NO2/c21-16-20-19-12-10-17(11-13-19)7-5-2-6-14-22-15-18-8-3-1-4-9-18/h1,3-4,8-13,16H,2,5-7,14-15H2,(H,20,21). The molecule has 0 spiro atoms. The van der Waals surface area contributed by atoms with Crippen molar-refractivity contribution in [2.24, 2.45) is 0 Å². The van der Waals surface area contributed by atoms with Gasteiger partial charge in [0.2, 0.25) is 6.41 Å². The van der Waals surface area contributed by atoms with E-state index < -0.39 is 0 Å². The van der Waals surface area contributed by atoms with Gasteiger partial charge < -0.3 is 10.1 Å². The van der Waals surface area contributed by atoms with E-state index in [-0.39, 0.29) is 0 Å². The van der Waals surface area contributed by atoms with Gasteiger partial charge in [0.15, 0.2) is 0 Å². The maximum atomic E-state index is 10.3. The molecule has 0 radical (unpaired) electrons. The van der Waals surface area contributed by atoms with Gasteiger partial charge in [-0.3, -0.25) is 4.79 Å². The molecule has 1 N–H and O–H groups in total. The van der Waals surface area contributed by atoms with Crippen molar-refractivity contribution in [2.75, 3.05) is 11.9 Å². The van der Waals surface area contributed by atoms with Crippen LogP contribution >= 0.6 is 0 Å². The summed E-state index contributed by atoms with van der Waals surface area (Å²) in [7, 11) is 0. The maximum Gasteiger partial charge on any atom is 0.211 e. The van der Waals surface area contributed by atoms with Crippen LogP contribution in [0.4, 0.5) is 5.69 Å². The summed E-state index contributed by atoms with van der Waals surface area (Å²) in [6.45, 7) is 1.52. The lowest BCUT2D eigenvalue weighted by molar-refractivity contribution is -0.105. The summed E-state index contributed by atoms with van der Waals surface area (Å²) in [4.78, 5) is 10.3. The highest BCUT2D eigenvalue weighted by molar-refractivity contribution is 5.70. The topological polar surface area (TPSA) is 38.3 Å². The molecule has 0 fully saturated rings. The zero-order valence-electron chi connectivity index (χ0n) is 12.8. The average Bonchev–Trinajstić information content (AvgIpc) is 2.57. The Labute approximate surface area is 132 Å². The minimum absolute atomic E-state index is 0.699. The Morgan fingerprint density at radius 3 is 2.36 bits per heavy atom. The first-order chi connectivity index (χ1) is 10.9. The maximum absolute atomic E-state index is 10.3. The molecule has 0 unspecified atom stereocenters. The van der Waals surface area contributed by atoms with Gasteiger partial charge in [-0.25, -0.2) is 0 Å². The van der Waals surface area contributed by atoms with Crippen molar-refractivity contribution in [3.8, 4) is 0 Å². The summed E-state index contributed by atoms with van der Waals surface area (Å²) in [5, 5.41) is 2.64. The van der Waals surface area contributed by atoms with Crippen molar-refractivity contribution >= 4 is 12.1 Å². The number of nitrogens with one attached hydrogen (secondary N) is 1. The van der Waals surface area contributed by atoms with Gasteiger partial charge in [0.1, 0.15) is 0 Å². The lowest BCUT2D eigenvalue weighted by Gasteiger charge is -2.05. The van der Waals surface area contributed by atoms with Gasteiger partial charge >= 0.3 is 0 Å². The van der Waals surface area contributed by atoms with Crippen LogP contribution in [0, 0.1) is 0 Å². The van der Waals surface area contributed by atoms with Crippen LogP contribution in [0.25, 0.3) is 0 Å². The SMILES string of the molecule is O=CNc1ccc(CCCCCOCc2ccccc2)cc1. The second-order valence-electron chi connectivity index (χ2n) is 5.31. The molecule has 1 amide bonds. The van der Waals surface area contributed by atoms with E-state index in [0.717, 1.165) is 31.6 Å². The first-order valence-corrected chi connectivity index (χ1v) is 7.79. The largest absolute Gasteiger partial charge is 0.377 e. The summed E-state index contributed by atoms with van der Waals surface area (Å²) in [5.41, 5.74) is 3.38. The van der Waals surface area contributed by atoms with Crippen LogP contribution in [0.2, 0.25) is 0 Å². The van der Waals surface area contributed by atoms with Crippen LogP contribution in [-0.4, -0.2) is 13.0 Å². The first-order valence-electron chi connectivity index (χ1n) is 7.79. The third-order valence-corrected chi connectivity index (χ3v) is 3.55. The van der Waals surface area contributed by atoms with Crippen molar-refractivity contribution in [2.45, 2.75) is 32.3 Å². The summed E-state index contributed by atoms with van der Waals surface area (Å²) in [6, 6.07) is 18.3. The van der Waals surface area contributed by atoms with Crippen LogP contribution in [0.3, 0.4) is 0 Å². The summed E-state index contributed by atoms with van der Waals surface area (Å²) >= 11 is 0. The Hall–Kier alpha value is -2.13. The van der Waals surface area contributed by atoms with Gasteiger partial charge in [0.05, 0.1) is 6.61 Å². The number of rotatable bonds is 10. The molecule has 0 aliphatic heterocycles. The minimum Gasteiger partial charge on any atom is -0.377 e. The smallest absolute Gasteiger partial charge is 0.211 e. The molecule has 22 heavy (non-hydrogen) atoms. The third-order valence-electron chi connectivity index (χ3n) is 3.55. The zero-order valence-corrected chi connectivity index (χ0v) is 12.8. The number of hydrogen-bond acceptors (Lipinski definition) is 2. The fourth-order valence-electron chi connectivity index (χ4n) is 2.31. The Kier molecular flexibility index (Phi) is 7.19. The second-order valence-corrected chi connectivity index (χ2v) is 5.31. The van der Waals surface area contributed by atoms with Crippen molar-refractivity contribution < 1.29 is 9.53 Å². The molecular weight excluding hydrogens is 274 g/mol. The molecule has 0 saturated carbocycles. The lowest BCUT2D eigenvalue weighted by atomic mass is 10.1. The van der Waals surface area contributed by atoms with Crippen molar-refractivity contribution in [3.05, 3.63) is 65.7 Å². The molecule has 0 heterocycles. The molecule has 3 heteroatoms. The number of carbonyl (C=O) groups is 1. The zero-order chi connectivity index (χ0) is 15.5. The van der Waals surface area contributed by atoms with E-state index in [1.54, 1.807) is 0 Å². The van der Waals surface area contributed by atoms with Crippen molar-refractivity contribution in [3.63, 3.8) is 0 Å². The lowest BCUT2D eigenvalue weighted by Crippen LogP contribution is -1.96.